The highest BCUT2D eigenvalue weighted by Crippen LogP contribution is 2.29. The fraction of sp³-hybridized carbons (Fsp3) is 0.333. The Morgan fingerprint density at radius 3 is 2.52 bits per heavy atom. The van der Waals surface area contributed by atoms with Gasteiger partial charge in [-0.2, -0.15) is 0 Å². The number of hydrogen-bond acceptors (Lipinski definition) is 6. The molecule has 0 aliphatic carbocycles. The van der Waals surface area contributed by atoms with E-state index in [4.69, 9.17) is 18.9 Å². The quantitative estimate of drug-likeness (QED) is 0.666. The largest absolute Gasteiger partial charge is 0.497 e. The number of carbonyl (C=O) groups is 2. The van der Waals surface area contributed by atoms with Crippen LogP contribution in [-0.4, -0.2) is 39.4 Å². The number of anilines is 1. The van der Waals surface area contributed by atoms with Crippen LogP contribution in [-0.2, 0) is 9.53 Å². The van der Waals surface area contributed by atoms with Gasteiger partial charge in [0, 0.05) is 17.3 Å². The van der Waals surface area contributed by atoms with Crippen LogP contribution in [0.2, 0.25) is 0 Å². The monoisotopic (exact) mass is 402 g/mol. The molecule has 1 atom stereocenters. The summed E-state index contributed by atoms with van der Waals surface area (Å²) in [7, 11) is 3.15. The highest BCUT2D eigenvalue weighted by Gasteiger charge is 2.16. The molecule has 8 nitrogen and oxygen atoms in total. The second-order valence-corrected chi connectivity index (χ2v) is 6.06. The number of rotatable bonds is 9. The highest BCUT2D eigenvalue weighted by atomic mass is 16.5. The fourth-order valence-corrected chi connectivity index (χ4v) is 2.64. The van der Waals surface area contributed by atoms with Gasteiger partial charge in [0.15, 0.2) is 6.61 Å². The lowest BCUT2D eigenvalue weighted by atomic mass is 10.1. The van der Waals surface area contributed by atoms with E-state index in [1.54, 1.807) is 57.5 Å². The summed E-state index contributed by atoms with van der Waals surface area (Å²) in [4.78, 5) is 23.8. The lowest BCUT2D eigenvalue weighted by Crippen LogP contribution is -2.31. The van der Waals surface area contributed by atoms with Crippen LogP contribution in [0.3, 0.4) is 0 Å². The Labute approximate surface area is 170 Å². The molecule has 0 bridgehead atoms. The Morgan fingerprint density at radius 2 is 1.83 bits per heavy atom. The zero-order valence-electron chi connectivity index (χ0n) is 17.0. The molecular weight excluding hydrogens is 376 g/mol. The van der Waals surface area contributed by atoms with E-state index in [0.29, 0.717) is 22.9 Å². The molecular formula is C21H26N2O6. The number of hydrogen-bond donors (Lipinski definition) is 2. The predicted molar refractivity (Wildman–Crippen MR) is 109 cm³/mol. The summed E-state index contributed by atoms with van der Waals surface area (Å²) < 4.78 is 21.0. The van der Waals surface area contributed by atoms with Crippen molar-refractivity contribution in [2.75, 3.05) is 32.8 Å². The summed E-state index contributed by atoms with van der Waals surface area (Å²) in [5.74, 6) is 1.47. The third-order valence-electron chi connectivity index (χ3n) is 4.01. The molecule has 0 aromatic heterocycles. The zero-order valence-corrected chi connectivity index (χ0v) is 17.0. The van der Waals surface area contributed by atoms with Crippen molar-refractivity contribution < 1.29 is 28.5 Å². The van der Waals surface area contributed by atoms with Gasteiger partial charge in [0.05, 0.1) is 26.9 Å². The van der Waals surface area contributed by atoms with Crippen LogP contribution in [0.5, 0.6) is 17.2 Å². The topological polar surface area (TPSA) is 95.1 Å². The first-order valence-corrected chi connectivity index (χ1v) is 9.14. The smallest absolute Gasteiger partial charge is 0.411 e. The lowest BCUT2D eigenvalue weighted by molar-refractivity contribution is -0.123. The Balaban J connectivity index is 1.94. The predicted octanol–water partition coefficient (Wildman–Crippen LogP) is 3.53. The van der Waals surface area contributed by atoms with Gasteiger partial charge in [0.2, 0.25) is 0 Å². The Hall–Kier alpha value is -3.42. The van der Waals surface area contributed by atoms with Crippen molar-refractivity contribution in [1.82, 2.24) is 5.32 Å². The van der Waals surface area contributed by atoms with Gasteiger partial charge < -0.3 is 24.3 Å². The van der Waals surface area contributed by atoms with Crippen molar-refractivity contribution in [3.63, 3.8) is 0 Å². The average Bonchev–Trinajstić information content (AvgIpc) is 2.72. The van der Waals surface area contributed by atoms with Crippen LogP contribution in [0.25, 0.3) is 0 Å². The molecule has 156 valence electrons. The summed E-state index contributed by atoms with van der Waals surface area (Å²) in [5.41, 5.74) is 1.30. The fourth-order valence-electron chi connectivity index (χ4n) is 2.64. The van der Waals surface area contributed by atoms with Gasteiger partial charge >= 0.3 is 6.09 Å². The maximum atomic E-state index is 12.3. The molecule has 8 heteroatoms. The van der Waals surface area contributed by atoms with Crippen molar-refractivity contribution in [3.8, 4) is 17.2 Å². The minimum atomic E-state index is -0.552. The maximum absolute atomic E-state index is 12.3. The van der Waals surface area contributed by atoms with E-state index in [1.165, 1.54) is 0 Å². The van der Waals surface area contributed by atoms with E-state index in [2.05, 4.69) is 10.6 Å². The summed E-state index contributed by atoms with van der Waals surface area (Å²) >= 11 is 0. The van der Waals surface area contributed by atoms with Gasteiger partial charge in [-0.15, -0.1) is 0 Å². The van der Waals surface area contributed by atoms with E-state index in [-0.39, 0.29) is 25.2 Å². The van der Waals surface area contributed by atoms with E-state index in [0.717, 1.165) is 5.56 Å². The Morgan fingerprint density at radius 1 is 1.03 bits per heavy atom. The van der Waals surface area contributed by atoms with Gasteiger partial charge in [-0.25, -0.2) is 4.79 Å². The van der Waals surface area contributed by atoms with E-state index >= 15 is 0 Å². The average molecular weight is 402 g/mol. The van der Waals surface area contributed by atoms with Crippen LogP contribution in [0.1, 0.15) is 25.5 Å². The maximum Gasteiger partial charge on any atom is 0.411 e. The number of methoxy groups -OCH3 is 2. The number of ether oxygens (including phenoxy) is 4. The molecule has 2 aromatic rings. The van der Waals surface area contributed by atoms with Gasteiger partial charge in [0.1, 0.15) is 17.2 Å². The van der Waals surface area contributed by atoms with E-state index in [1.807, 2.05) is 13.0 Å². The van der Waals surface area contributed by atoms with Crippen LogP contribution >= 0.6 is 0 Å². The molecule has 2 amide bonds. The molecule has 0 fully saturated rings. The molecule has 0 spiro atoms. The molecule has 0 aliphatic rings. The first-order chi connectivity index (χ1) is 14.0. The van der Waals surface area contributed by atoms with Crippen molar-refractivity contribution in [2.45, 2.75) is 19.9 Å². The first kappa shape index (κ1) is 21.9. The minimum absolute atomic E-state index is 0.181. The van der Waals surface area contributed by atoms with Gasteiger partial charge in [-0.05, 0) is 44.2 Å². The summed E-state index contributed by atoms with van der Waals surface area (Å²) in [6, 6.07) is 11.8. The number of carbonyl (C=O) groups excluding carboxylic acids is 2. The first-order valence-electron chi connectivity index (χ1n) is 9.14. The molecule has 0 saturated heterocycles. The van der Waals surface area contributed by atoms with E-state index in [9.17, 15) is 9.59 Å². The van der Waals surface area contributed by atoms with E-state index < -0.39 is 6.09 Å². The van der Waals surface area contributed by atoms with Gasteiger partial charge in [-0.3, -0.25) is 10.1 Å². The third kappa shape index (κ3) is 6.60. The van der Waals surface area contributed by atoms with Crippen LogP contribution < -0.4 is 24.8 Å². The molecule has 2 N–H and O–H groups in total. The zero-order chi connectivity index (χ0) is 21.2. The van der Waals surface area contributed by atoms with Crippen molar-refractivity contribution in [2.24, 2.45) is 0 Å². The Bertz CT molecular complexity index is 840. The molecule has 2 aromatic carbocycles. The van der Waals surface area contributed by atoms with Crippen molar-refractivity contribution in [3.05, 3.63) is 48.0 Å². The third-order valence-corrected chi connectivity index (χ3v) is 4.01. The van der Waals surface area contributed by atoms with Crippen LogP contribution in [0.4, 0.5) is 10.5 Å². The van der Waals surface area contributed by atoms with Crippen molar-refractivity contribution >= 4 is 17.7 Å². The van der Waals surface area contributed by atoms with Crippen molar-refractivity contribution in [1.29, 1.82) is 0 Å². The molecule has 29 heavy (non-hydrogen) atoms. The lowest BCUT2D eigenvalue weighted by Gasteiger charge is -2.18. The highest BCUT2D eigenvalue weighted by molar-refractivity contribution is 5.84. The number of amides is 2. The number of nitrogens with one attached hydrogen (secondary N) is 2. The van der Waals surface area contributed by atoms with Gasteiger partial charge in [0.25, 0.3) is 5.91 Å². The summed E-state index contributed by atoms with van der Waals surface area (Å²) in [5, 5.41) is 5.45. The molecule has 1 unspecified atom stereocenters. The van der Waals surface area contributed by atoms with Crippen LogP contribution in [0.15, 0.2) is 42.5 Å². The molecule has 0 radical (unpaired) electrons. The van der Waals surface area contributed by atoms with Crippen LogP contribution in [0, 0.1) is 0 Å². The SMILES string of the molecule is CCOC(=O)Nc1cccc(OCC(=O)NC(C)c2cc(OC)ccc2OC)c1. The second kappa shape index (κ2) is 10.8. The molecule has 0 heterocycles. The standard InChI is InChI=1S/C21H26N2O6/c1-5-28-21(25)23-15-7-6-8-17(11-15)29-13-20(24)22-14(2)18-12-16(26-3)9-10-19(18)27-4/h6-12,14H,5,13H2,1-4H3,(H,22,24)(H,23,25). The summed E-state index contributed by atoms with van der Waals surface area (Å²) in [6.07, 6.45) is -0.552. The normalized spacial score (nSPS) is 11.2. The number of benzene rings is 2. The second-order valence-electron chi connectivity index (χ2n) is 6.06. The van der Waals surface area contributed by atoms with Gasteiger partial charge in [-0.1, -0.05) is 6.07 Å². The molecule has 0 aliphatic heterocycles. The molecule has 2 rings (SSSR count). The Kier molecular flexibility index (Phi) is 8.14. The molecule has 0 saturated carbocycles. The minimum Gasteiger partial charge on any atom is -0.497 e. The summed E-state index contributed by atoms with van der Waals surface area (Å²) in [6.45, 7) is 3.66.